The summed E-state index contributed by atoms with van der Waals surface area (Å²) in [5, 5.41) is 2.55. The summed E-state index contributed by atoms with van der Waals surface area (Å²) in [7, 11) is -4.17. The van der Waals surface area contributed by atoms with Crippen LogP contribution in [0.2, 0.25) is 0 Å². The van der Waals surface area contributed by atoms with Crippen molar-refractivity contribution in [1.82, 2.24) is 0 Å². The van der Waals surface area contributed by atoms with Crippen molar-refractivity contribution in [2.24, 2.45) is 0 Å². The summed E-state index contributed by atoms with van der Waals surface area (Å²) in [4.78, 5) is 10.8. The van der Waals surface area contributed by atoms with Crippen LogP contribution in [0.1, 0.15) is 13.3 Å². The van der Waals surface area contributed by atoms with E-state index in [4.69, 9.17) is 4.55 Å². The number of halogens is 1. The first-order chi connectivity index (χ1) is 6.93. The first-order valence-electron chi connectivity index (χ1n) is 4.31. The Morgan fingerprint density at radius 3 is 2.19 bits per heavy atom. The summed E-state index contributed by atoms with van der Waals surface area (Å²) in [5.74, 6) is -0.158. The van der Waals surface area contributed by atoms with Gasteiger partial charge in [0.25, 0.3) is 10.1 Å². The number of carbonyl (C=O) groups excluding carboxylic acids is 1. The third-order valence-electron chi connectivity index (χ3n) is 1.76. The summed E-state index contributed by atoms with van der Waals surface area (Å²) in [6, 6.07) is 5.27. The number of hydrogen-bond donors (Lipinski definition) is 2. The highest BCUT2D eigenvalue weighted by atomic mass is 35.5. The molecule has 0 aliphatic heterocycles. The van der Waals surface area contributed by atoms with Crippen LogP contribution in [-0.2, 0) is 14.9 Å². The molecule has 0 saturated carbocycles. The summed E-state index contributed by atoms with van der Waals surface area (Å²) in [5.41, 5.74) is 0.495. The molecule has 0 atom stereocenters. The summed E-state index contributed by atoms with van der Waals surface area (Å²) in [6.45, 7) is 1.71. The van der Waals surface area contributed by atoms with Gasteiger partial charge in [0.15, 0.2) is 0 Å². The third-order valence-corrected chi connectivity index (χ3v) is 2.62. The van der Waals surface area contributed by atoms with Gasteiger partial charge in [-0.15, -0.1) is 12.4 Å². The lowest BCUT2D eigenvalue weighted by Gasteiger charge is -2.03. The van der Waals surface area contributed by atoms with E-state index < -0.39 is 10.1 Å². The van der Waals surface area contributed by atoms with Gasteiger partial charge in [0.05, 0.1) is 4.90 Å². The highest BCUT2D eigenvalue weighted by Crippen LogP contribution is 2.13. The van der Waals surface area contributed by atoms with E-state index in [1.165, 1.54) is 24.3 Å². The second kappa shape index (κ2) is 5.83. The smallest absolute Gasteiger partial charge is 0.294 e. The van der Waals surface area contributed by atoms with Crippen molar-refractivity contribution in [3.63, 3.8) is 0 Å². The Morgan fingerprint density at radius 2 is 1.81 bits per heavy atom. The monoisotopic (exact) mass is 265 g/mol. The minimum Gasteiger partial charge on any atom is -0.326 e. The summed E-state index contributed by atoms with van der Waals surface area (Å²) in [6.07, 6.45) is 0.347. The molecule has 0 aliphatic carbocycles. The van der Waals surface area contributed by atoms with E-state index >= 15 is 0 Å². The van der Waals surface area contributed by atoms with Gasteiger partial charge in [0.2, 0.25) is 5.91 Å². The molecule has 7 heteroatoms. The van der Waals surface area contributed by atoms with Crippen molar-refractivity contribution >= 4 is 34.1 Å². The van der Waals surface area contributed by atoms with Crippen molar-refractivity contribution < 1.29 is 17.8 Å². The Kier molecular flexibility index (Phi) is 5.43. The first kappa shape index (κ1) is 14.9. The fourth-order valence-corrected chi connectivity index (χ4v) is 1.44. The Morgan fingerprint density at radius 1 is 1.31 bits per heavy atom. The second-order valence-corrected chi connectivity index (χ2v) is 4.32. The Balaban J connectivity index is 0.00000225. The van der Waals surface area contributed by atoms with Crippen LogP contribution in [0.15, 0.2) is 29.2 Å². The van der Waals surface area contributed by atoms with Gasteiger partial charge in [0, 0.05) is 12.1 Å². The number of benzene rings is 1. The minimum atomic E-state index is -4.17. The molecular formula is C9H12ClNO4S. The molecule has 0 bridgehead atoms. The number of rotatable bonds is 3. The fraction of sp³-hybridized carbons (Fsp3) is 0.222. The van der Waals surface area contributed by atoms with Crippen molar-refractivity contribution in [1.29, 1.82) is 0 Å². The van der Waals surface area contributed by atoms with E-state index in [0.29, 0.717) is 12.1 Å². The SMILES string of the molecule is CCC(=O)Nc1ccc(S(=O)(=O)O)cc1.Cl. The maximum Gasteiger partial charge on any atom is 0.294 e. The third kappa shape index (κ3) is 4.18. The second-order valence-electron chi connectivity index (χ2n) is 2.90. The molecule has 0 saturated heterocycles. The van der Waals surface area contributed by atoms with Crippen molar-refractivity contribution in [3.8, 4) is 0 Å². The topological polar surface area (TPSA) is 83.5 Å². The van der Waals surface area contributed by atoms with Gasteiger partial charge in [-0.3, -0.25) is 9.35 Å². The zero-order chi connectivity index (χ0) is 11.5. The molecule has 1 aromatic rings. The predicted octanol–water partition coefficient (Wildman–Crippen LogP) is 1.70. The Labute approximate surface area is 100 Å². The van der Waals surface area contributed by atoms with E-state index in [9.17, 15) is 13.2 Å². The first-order valence-corrected chi connectivity index (χ1v) is 5.75. The maximum atomic E-state index is 11.0. The number of carbonyl (C=O) groups is 1. The quantitative estimate of drug-likeness (QED) is 0.815. The van der Waals surface area contributed by atoms with E-state index in [1.54, 1.807) is 6.92 Å². The highest BCUT2D eigenvalue weighted by Gasteiger charge is 2.08. The molecule has 0 heterocycles. The molecule has 0 fully saturated rings. The van der Waals surface area contributed by atoms with Crippen LogP contribution in [0.3, 0.4) is 0 Å². The maximum absolute atomic E-state index is 11.0. The van der Waals surface area contributed by atoms with Gasteiger partial charge < -0.3 is 5.32 Å². The van der Waals surface area contributed by atoms with Crippen LogP contribution in [0.5, 0.6) is 0 Å². The van der Waals surface area contributed by atoms with Crippen LogP contribution in [-0.4, -0.2) is 18.9 Å². The van der Waals surface area contributed by atoms with Crippen molar-refractivity contribution in [2.75, 3.05) is 5.32 Å². The highest BCUT2D eigenvalue weighted by molar-refractivity contribution is 7.85. The average molecular weight is 266 g/mol. The van der Waals surface area contributed by atoms with Gasteiger partial charge in [0.1, 0.15) is 0 Å². The van der Waals surface area contributed by atoms with E-state index in [1.807, 2.05) is 0 Å². The average Bonchev–Trinajstić information content (AvgIpc) is 2.17. The molecular weight excluding hydrogens is 254 g/mol. The summed E-state index contributed by atoms with van der Waals surface area (Å²) < 4.78 is 30.1. The largest absolute Gasteiger partial charge is 0.326 e. The number of anilines is 1. The molecule has 0 spiro atoms. The normalized spacial score (nSPS) is 10.4. The molecule has 1 aromatic carbocycles. The van der Waals surface area contributed by atoms with Crippen LogP contribution in [0, 0.1) is 0 Å². The molecule has 0 aromatic heterocycles. The van der Waals surface area contributed by atoms with Crippen LogP contribution >= 0.6 is 12.4 Å². The van der Waals surface area contributed by atoms with Crippen molar-refractivity contribution in [3.05, 3.63) is 24.3 Å². The Bertz CT molecular complexity index is 455. The molecule has 0 radical (unpaired) electrons. The molecule has 1 rings (SSSR count). The standard InChI is InChI=1S/C9H11NO4S.ClH/c1-2-9(11)10-7-3-5-8(6-4-7)15(12,13)14;/h3-6H,2H2,1H3,(H,10,11)(H,12,13,14);1H. The molecule has 16 heavy (non-hydrogen) atoms. The number of amides is 1. The van der Waals surface area contributed by atoms with Crippen LogP contribution in [0.25, 0.3) is 0 Å². The lowest BCUT2D eigenvalue weighted by Crippen LogP contribution is -2.09. The van der Waals surface area contributed by atoms with E-state index in [0.717, 1.165) is 0 Å². The number of nitrogens with one attached hydrogen (secondary N) is 1. The van der Waals surface area contributed by atoms with E-state index in [-0.39, 0.29) is 23.2 Å². The van der Waals surface area contributed by atoms with Gasteiger partial charge in [-0.2, -0.15) is 8.42 Å². The van der Waals surface area contributed by atoms with Crippen molar-refractivity contribution in [2.45, 2.75) is 18.2 Å². The van der Waals surface area contributed by atoms with Gasteiger partial charge in [-0.25, -0.2) is 0 Å². The Hall–Kier alpha value is -1.11. The zero-order valence-corrected chi connectivity index (χ0v) is 10.1. The van der Waals surface area contributed by atoms with Crippen LogP contribution < -0.4 is 5.32 Å². The van der Waals surface area contributed by atoms with Gasteiger partial charge in [-0.05, 0) is 24.3 Å². The lowest BCUT2D eigenvalue weighted by atomic mass is 10.3. The molecule has 2 N–H and O–H groups in total. The fourth-order valence-electron chi connectivity index (χ4n) is 0.960. The lowest BCUT2D eigenvalue weighted by molar-refractivity contribution is -0.115. The minimum absolute atomic E-state index is 0. The van der Waals surface area contributed by atoms with Gasteiger partial charge in [-0.1, -0.05) is 6.92 Å². The number of hydrogen-bond acceptors (Lipinski definition) is 3. The zero-order valence-electron chi connectivity index (χ0n) is 8.50. The molecule has 0 aliphatic rings. The predicted molar refractivity (Wildman–Crippen MR) is 62.4 cm³/mol. The van der Waals surface area contributed by atoms with Gasteiger partial charge >= 0.3 is 0 Å². The molecule has 1 amide bonds. The molecule has 0 unspecified atom stereocenters. The molecule has 5 nitrogen and oxygen atoms in total. The molecule has 90 valence electrons. The van der Waals surface area contributed by atoms with E-state index in [2.05, 4.69) is 5.32 Å². The summed E-state index contributed by atoms with van der Waals surface area (Å²) >= 11 is 0. The van der Waals surface area contributed by atoms with Crippen LogP contribution in [0.4, 0.5) is 5.69 Å².